The van der Waals surface area contributed by atoms with Gasteiger partial charge in [0.1, 0.15) is 6.04 Å². The van der Waals surface area contributed by atoms with E-state index in [-0.39, 0.29) is 24.7 Å². The molecule has 2 amide bonds. The summed E-state index contributed by atoms with van der Waals surface area (Å²) in [4.78, 5) is 35.2. The van der Waals surface area contributed by atoms with Crippen LogP contribution in [0.25, 0.3) is 0 Å². The number of carboxylic acids is 1. The molecule has 0 aromatic heterocycles. The van der Waals surface area contributed by atoms with Gasteiger partial charge in [0.15, 0.2) is 0 Å². The summed E-state index contributed by atoms with van der Waals surface area (Å²) in [6.07, 6.45) is 18.6. The van der Waals surface area contributed by atoms with Crippen LogP contribution in [0.5, 0.6) is 0 Å². The molecule has 0 saturated heterocycles. The molecule has 10 atom stereocenters. The fourth-order valence-electron chi connectivity index (χ4n) is 11.2. The van der Waals surface area contributed by atoms with Crippen molar-refractivity contribution in [3.8, 4) is 0 Å². The SMILES string of the molecule is CNC(=O)[C@H](CCC(=O)[O-])NC(=O)CCCCN[C@H]1CCC2(C)C3CCC4(C)C([C@H](C)CCCC(C)C)CC[C@H]4[C@H]3CC[C@H]2C1. The van der Waals surface area contributed by atoms with E-state index in [1.807, 2.05) is 0 Å². The van der Waals surface area contributed by atoms with Gasteiger partial charge in [-0.2, -0.15) is 0 Å². The summed E-state index contributed by atoms with van der Waals surface area (Å²) in [5.74, 6) is 4.46. The normalized spacial score (nSPS) is 35.5. The molecule has 0 spiro atoms. The minimum absolute atomic E-state index is 0.0386. The summed E-state index contributed by atoms with van der Waals surface area (Å²) in [5.41, 5.74) is 1.07. The van der Waals surface area contributed by atoms with Crippen molar-refractivity contribution in [2.45, 2.75) is 156 Å². The summed E-state index contributed by atoms with van der Waals surface area (Å²) in [6.45, 7) is 13.6. The van der Waals surface area contributed by atoms with E-state index in [0.717, 1.165) is 60.8 Å². The Bertz CT molecular complexity index is 1000. The number of unbranched alkanes of at least 4 members (excludes halogenated alkanes) is 1. The maximum Gasteiger partial charge on any atom is 0.242 e. The molecule has 3 N–H and O–H groups in total. The first kappa shape index (κ1) is 36.2. The Balaban J connectivity index is 1.20. The van der Waals surface area contributed by atoms with Gasteiger partial charge in [-0.05, 0) is 142 Å². The quantitative estimate of drug-likeness (QED) is 0.182. The molecule has 4 saturated carbocycles. The molecule has 45 heavy (non-hydrogen) atoms. The largest absolute Gasteiger partial charge is 0.550 e. The van der Waals surface area contributed by atoms with Crippen molar-refractivity contribution >= 4 is 17.8 Å². The van der Waals surface area contributed by atoms with Gasteiger partial charge >= 0.3 is 0 Å². The lowest BCUT2D eigenvalue weighted by molar-refractivity contribution is -0.305. The third-order valence-corrected chi connectivity index (χ3v) is 13.7. The Hall–Kier alpha value is -1.63. The van der Waals surface area contributed by atoms with Crippen LogP contribution < -0.4 is 21.1 Å². The molecule has 0 aromatic rings. The maximum atomic E-state index is 12.4. The minimum Gasteiger partial charge on any atom is -0.550 e. The van der Waals surface area contributed by atoms with Gasteiger partial charge in [0.2, 0.25) is 11.8 Å². The number of carboxylic acid groups (broad SMARTS) is 1. The predicted molar refractivity (Wildman–Crippen MR) is 179 cm³/mol. The molecular formula is C38H66N3O4-. The predicted octanol–water partition coefficient (Wildman–Crippen LogP) is 6.00. The van der Waals surface area contributed by atoms with E-state index < -0.39 is 12.0 Å². The van der Waals surface area contributed by atoms with Gasteiger partial charge in [-0.1, -0.05) is 53.9 Å². The lowest BCUT2D eigenvalue weighted by atomic mass is 9.44. The highest BCUT2D eigenvalue weighted by molar-refractivity contribution is 5.87. The van der Waals surface area contributed by atoms with Crippen LogP contribution in [0, 0.1) is 52.3 Å². The van der Waals surface area contributed by atoms with E-state index in [2.05, 4.69) is 50.6 Å². The molecule has 0 heterocycles. The van der Waals surface area contributed by atoms with Crippen LogP contribution in [-0.4, -0.2) is 43.5 Å². The fraction of sp³-hybridized carbons (Fsp3) is 0.921. The first-order chi connectivity index (χ1) is 21.4. The molecule has 4 fully saturated rings. The average Bonchev–Trinajstić information content (AvgIpc) is 3.35. The smallest absolute Gasteiger partial charge is 0.242 e. The van der Waals surface area contributed by atoms with Crippen LogP contribution in [-0.2, 0) is 14.4 Å². The van der Waals surface area contributed by atoms with Crippen LogP contribution >= 0.6 is 0 Å². The highest BCUT2D eigenvalue weighted by Crippen LogP contribution is 2.68. The van der Waals surface area contributed by atoms with Crippen molar-refractivity contribution in [1.29, 1.82) is 0 Å². The third-order valence-electron chi connectivity index (χ3n) is 13.7. The number of likely N-dealkylation sites (N-methyl/N-ethyl adjacent to an activating group) is 1. The summed E-state index contributed by atoms with van der Waals surface area (Å²) >= 11 is 0. The second-order valence-electron chi connectivity index (χ2n) is 16.7. The van der Waals surface area contributed by atoms with E-state index in [1.165, 1.54) is 84.1 Å². The van der Waals surface area contributed by atoms with Crippen molar-refractivity contribution in [2.24, 2.45) is 52.3 Å². The van der Waals surface area contributed by atoms with Gasteiger partial charge in [-0.3, -0.25) is 9.59 Å². The third kappa shape index (κ3) is 8.65. The van der Waals surface area contributed by atoms with Crippen molar-refractivity contribution < 1.29 is 19.5 Å². The highest BCUT2D eigenvalue weighted by Gasteiger charge is 2.60. The van der Waals surface area contributed by atoms with E-state index >= 15 is 0 Å². The molecule has 0 radical (unpaired) electrons. The number of amides is 2. The van der Waals surface area contributed by atoms with E-state index in [0.29, 0.717) is 23.3 Å². The van der Waals surface area contributed by atoms with Gasteiger partial charge in [0.05, 0.1) is 0 Å². The number of hydrogen-bond acceptors (Lipinski definition) is 5. The lowest BCUT2D eigenvalue weighted by Gasteiger charge is -2.61. The monoisotopic (exact) mass is 629 g/mol. The van der Waals surface area contributed by atoms with Gasteiger partial charge in [0.25, 0.3) is 0 Å². The molecule has 4 aliphatic carbocycles. The zero-order valence-electron chi connectivity index (χ0n) is 29.6. The molecule has 0 aliphatic heterocycles. The van der Waals surface area contributed by atoms with Gasteiger partial charge in [-0.25, -0.2) is 0 Å². The Kier molecular flexibility index (Phi) is 12.9. The number of aliphatic carboxylic acids is 1. The summed E-state index contributed by atoms with van der Waals surface area (Å²) in [7, 11) is 1.48. The van der Waals surface area contributed by atoms with Crippen LogP contribution in [0.15, 0.2) is 0 Å². The standard InChI is InChI=1S/C38H67N3O4/c1-25(2)10-9-11-26(3)30-15-16-31-29-14-13-27-24-28(19-21-37(27,4)32(29)20-22-38(30,31)5)40-23-8-7-12-34(42)41-33(36(45)39-6)17-18-35(43)44/h25-33,40H,7-24H2,1-6H3,(H,39,45)(H,41,42)(H,43,44)/p-1/t26-,27+,28+,29-,30?,31+,32?,33+,37?,38?/m1/s1. The van der Waals surface area contributed by atoms with Crippen LogP contribution in [0.4, 0.5) is 0 Å². The zero-order valence-corrected chi connectivity index (χ0v) is 29.6. The molecule has 258 valence electrons. The van der Waals surface area contributed by atoms with Crippen molar-refractivity contribution in [3.63, 3.8) is 0 Å². The first-order valence-electron chi connectivity index (χ1n) is 18.8. The molecule has 0 aromatic carbocycles. The van der Waals surface area contributed by atoms with Gasteiger partial charge in [0, 0.05) is 25.5 Å². The second kappa shape index (κ2) is 16.0. The summed E-state index contributed by atoms with van der Waals surface area (Å²) in [6, 6.07) is -0.256. The number of fused-ring (bicyclic) bond motifs is 5. The summed E-state index contributed by atoms with van der Waals surface area (Å²) < 4.78 is 0. The Morgan fingerprint density at radius 1 is 0.822 bits per heavy atom. The molecule has 4 rings (SSSR count). The highest BCUT2D eigenvalue weighted by atomic mass is 16.4. The zero-order chi connectivity index (χ0) is 32.8. The number of carbonyl (C=O) groups is 3. The molecule has 7 heteroatoms. The molecule has 4 aliphatic rings. The van der Waals surface area contributed by atoms with Crippen LogP contribution in [0.3, 0.4) is 0 Å². The average molecular weight is 629 g/mol. The second-order valence-corrected chi connectivity index (χ2v) is 16.7. The molecule has 7 nitrogen and oxygen atoms in total. The Morgan fingerprint density at radius 3 is 2.27 bits per heavy atom. The Labute approximate surface area is 274 Å². The minimum atomic E-state index is -1.22. The Morgan fingerprint density at radius 2 is 1.56 bits per heavy atom. The van der Waals surface area contributed by atoms with Crippen LogP contribution in [0.2, 0.25) is 0 Å². The first-order valence-corrected chi connectivity index (χ1v) is 18.8. The van der Waals surface area contributed by atoms with Gasteiger partial charge in [-0.15, -0.1) is 0 Å². The fourth-order valence-corrected chi connectivity index (χ4v) is 11.2. The van der Waals surface area contributed by atoms with Crippen molar-refractivity contribution in [2.75, 3.05) is 13.6 Å². The number of nitrogens with one attached hydrogen (secondary N) is 3. The molecule has 4 unspecified atom stereocenters. The van der Waals surface area contributed by atoms with E-state index in [1.54, 1.807) is 0 Å². The molecule has 0 bridgehead atoms. The maximum absolute atomic E-state index is 12.4. The topological polar surface area (TPSA) is 110 Å². The number of carbonyl (C=O) groups excluding carboxylic acids is 3. The van der Waals surface area contributed by atoms with E-state index in [9.17, 15) is 19.5 Å². The lowest BCUT2D eigenvalue weighted by Crippen LogP contribution is -2.55. The van der Waals surface area contributed by atoms with Crippen molar-refractivity contribution in [3.05, 3.63) is 0 Å². The van der Waals surface area contributed by atoms with Crippen LogP contribution in [0.1, 0.15) is 144 Å². The van der Waals surface area contributed by atoms with Crippen molar-refractivity contribution in [1.82, 2.24) is 16.0 Å². The molecular weight excluding hydrogens is 562 g/mol. The van der Waals surface area contributed by atoms with E-state index in [4.69, 9.17) is 0 Å². The van der Waals surface area contributed by atoms with Gasteiger partial charge < -0.3 is 25.9 Å². The number of rotatable bonds is 16. The summed E-state index contributed by atoms with van der Waals surface area (Å²) in [5, 5.41) is 19.8. The number of hydrogen-bond donors (Lipinski definition) is 3.